The molecule has 3 aliphatic rings. The van der Waals surface area contributed by atoms with Crippen LogP contribution in [-0.2, 0) is 33.8 Å². The van der Waals surface area contributed by atoms with E-state index >= 15 is 0 Å². The fraction of sp³-hybridized carbons (Fsp3) is 0.483. The van der Waals surface area contributed by atoms with E-state index in [-0.39, 0.29) is 22.7 Å². The molecular weight excluding hydrogens is 790 g/mol. The number of benzene rings is 1. The zero-order chi connectivity index (χ0) is 40.7. The number of ether oxygens (including phenoxy) is 1. The summed E-state index contributed by atoms with van der Waals surface area (Å²) in [6, 6.07) is 3.30. The molecular formula is C29H38N10O15P2. The summed E-state index contributed by atoms with van der Waals surface area (Å²) in [6.07, 6.45) is -9.80. The minimum absolute atomic E-state index is 0.196. The smallest absolute Gasteiger partial charge is 0.388 e. The topological polar surface area (TPSA) is 375 Å². The monoisotopic (exact) mass is 828 g/mol. The van der Waals surface area contributed by atoms with E-state index in [1.54, 1.807) is 26.0 Å². The van der Waals surface area contributed by atoms with Crippen LogP contribution in [-0.4, -0.2) is 137 Å². The van der Waals surface area contributed by atoms with Crippen LogP contribution in [0.3, 0.4) is 0 Å². The Labute approximate surface area is 313 Å². The third-order valence-corrected chi connectivity index (χ3v) is 11.4. The number of hydrogen-bond donors (Lipinski definition) is 10. The molecule has 1 fully saturated rings. The van der Waals surface area contributed by atoms with Gasteiger partial charge in [0.2, 0.25) is 0 Å². The molecule has 2 aromatic heterocycles. The summed E-state index contributed by atoms with van der Waals surface area (Å²) in [5, 5.41) is 56.4. The van der Waals surface area contributed by atoms with Crippen molar-refractivity contribution in [3.63, 3.8) is 0 Å². The lowest BCUT2D eigenvalue weighted by molar-refractivity contribution is -0.0794. The van der Waals surface area contributed by atoms with Gasteiger partial charge in [0.05, 0.1) is 37.1 Å². The number of aliphatic hydroxyl groups excluding tert-OH is 5. The minimum Gasteiger partial charge on any atom is -0.388 e. The number of aromatic nitrogens is 8. The molecule has 3 aromatic rings. The highest BCUT2D eigenvalue weighted by Crippen LogP contribution is 2.60. The molecule has 5 heterocycles. The van der Waals surface area contributed by atoms with Gasteiger partial charge in [0, 0.05) is 13.1 Å². The number of imidazole rings is 1. The maximum absolute atomic E-state index is 12.6. The molecule has 27 heteroatoms. The van der Waals surface area contributed by atoms with Crippen molar-refractivity contribution in [1.82, 2.24) is 39.0 Å². The second-order valence-electron chi connectivity index (χ2n) is 12.7. The van der Waals surface area contributed by atoms with Crippen LogP contribution in [0.5, 0.6) is 0 Å². The molecule has 11 N–H and O–H groups in total. The average molecular weight is 829 g/mol. The Hall–Kier alpha value is -4.17. The molecule has 1 aromatic carbocycles. The van der Waals surface area contributed by atoms with Crippen molar-refractivity contribution in [2.24, 2.45) is 5.73 Å². The van der Waals surface area contributed by atoms with Crippen LogP contribution in [0, 0.1) is 13.8 Å². The summed E-state index contributed by atoms with van der Waals surface area (Å²) in [5.74, 6) is 0.0982. The van der Waals surface area contributed by atoms with Gasteiger partial charge < -0.3 is 55.7 Å². The number of rotatable bonds is 16. The van der Waals surface area contributed by atoms with Crippen LogP contribution in [0.2, 0.25) is 0 Å². The highest BCUT2D eigenvalue weighted by Gasteiger charge is 2.46. The van der Waals surface area contributed by atoms with Gasteiger partial charge in [-0.05, 0) is 37.1 Å². The number of aryl methyl sites for hydroxylation is 2. The first-order valence-corrected chi connectivity index (χ1v) is 19.6. The number of phosphoric ester groups is 2. The molecule has 0 saturated carbocycles. The van der Waals surface area contributed by atoms with Crippen LogP contribution in [0.15, 0.2) is 34.4 Å². The van der Waals surface area contributed by atoms with E-state index in [1.807, 2.05) is 4.98 Å². The minimum atomic E-state index is -5.55. The van der Waals surface area contributed by atoms with E-state index in [0.29, 0.717) is 29.9 Å². The Kier molecular flexibility index (Phi) is 12.1. The predicted octanol–water partition coefficient (Wildman–Crippen LogP) is -2.64. The number of aromatic amines is 1. The van der Waals surface area contributed by atoms with E-state index in [2.05, 4.69) is 39.1 Å². The van der Waals surface area contributed by atoms with Crippen molar-refractivity contribution < 1.29 is 62.5 Å². The summed E-state index contributed by atoms with van der Waals surface area (Å²) in [4.78, 5) is 67.4. The summed E-state index contributed by atoms with van der Waals surface area (Å²) in [6.45, 7) is 1.47. The summed E-state index contributed by atoms with van der Waals surface area (Å²) in [7, 11) is -11.0. The highest BCUT2D eigenvalue weighted by molar-refractivity contribution is 7.61. The van der Waals surface area contributed by atoms with Crippen molar-refractivity contribution in [3.05, 3.63) is 56.8 Å². The third kappa shape index (κ3) is 8.70. The second kappa shape index (κ2) is 16.4. The van der Waals surface area contributed by atoms with Gasteiger partial charge in [0.25, 0.3) is 5.56 Å². The molecule has 4 unspecified atom stereocenters. The first-order chi connectivity index (χ1) is 26.4. The highest BCUT2D eigenvalue weighted by atomic mass is 31.3. The summed E-state index contributed by atoms with van der Waals surface area (Å²) >= 11 is 0. The Balaban J connectivity index is 1.06. The van der Waals surface area contributed by atoms with E-state index < -0.39 is 89.5 Å². The fourth-order valence-corrected chi connectivity index (χ4v) is 7.95. The van der Waals surface area contributed by atoms with Crippen LogP contribution in [0.25, 0.3) is 33.7 Å². The molecule has 0 radical (unpaired) electrons. The van der Waals surface area contributed by atoms with Gasteiger partial charge in [0.1, 0.15) is 43.0 Å². The number of nitrogens with two attached hydrogens (primary N) is 1. The SMILES string of the molecule is Cc1cc2nc3c(=O)[nH]c(=O)nc-3n(C[C@H](O)[C@H](O)[C@@H](O)COP(=O)(O)OP(=O)(O)OC[C@@H]3O[C@@H](n4cnc5c(NCCN)ncnc54)C(O)C3O)c2cc1C. The first-order valence-electron chi connectivity index (χ1n) is 16.6. The molecule has 304 valence electrons. The van der Waals surface area contributed by atoms with Gasteiger partial charge in [0.15, 0.2) is 34.7 Å². The summed E-state index contributed by atoms with van der Waals surface area (Å²) in [5.41, 5.74) is 6.05. The van der Waals surface area contributed by atoms with E-state index in [1.165, 1.54) is 21.8 Å². The normalized spacial score (nSPS) is 22.6. The quantitative estimate of drug-likeness (QED) is 0.0359. The van der Waals surface area contributed by atoms with E-state index in [4.69, 9.17) is 15.0 Å². The first kappa shape index (κ1) is 41.5. The number of nitrogens with zero attached hydrogens (tertiary/aromatic N) is 7. The number of hydrogen-bond acceptors (Lipinski definition) is 20. The van der Waals surface area contributed by atoms with Gasteiger partial charge in [-0.1, -0.05) is 0 Å². The molecule has 6 rings (SSSR count). The van der Waals surface area contributed by atoms with Gasteiger partial charge in [-0.25, -0.2) is 33.9 Å². The van der Waals surface area contributed by atoms with Crippen molar-refractivity contribution >= 4 is 43.7 Å². The van der Waals surface area contributed by atoms with Crippen LogP contribution in [0.1, 0.15) is 17.4 Å². The maximum Gasteiger partial charge on any atom is 0.481 e. The summed E-state index contributed by atoms with van der Waals surface area (Å²) < 4.78 is 47.0. The van der Waals surface area contributed by atoms with Gasteiger partial charge in [-0.2, -0.15) is 9.29 Å². The lowest BCUT2D eigenvalue weighted by atomic mass is 10.1. The number of anilines is 1. The van der Waals surface area contributed by atoms with E-state index in [9.17, 15) is 54.0 Å². The van der Waals surface area contributed by atoms with Crippen LogP contribution < -0.4 is 22.3 Å². The van der Waals surface area contributed by atoms with Crippen LogP contribution in [0.4, 0.5) is 5.82 Å². The molecule has 1 saturated heterocycles. The second-order valence-corrected chi connectivity index (χ2v) is 15.8. The third-order valence-electron chi connectivity index (χ3n) is 8.81. The van der Waals surface area contributed by atoms with Gasteiger partial charge in [-0.3, -0.25) is 23.4 Å². The van der Waals surface area contributed by atoms with E-state index in [0.717, 1.165) is 11.1 Å². The number of H-pyrrole nitrogens is 1. The molecule has 0 amide bonds. The predicted molar refractivity (Wildman–Crippen MR) is 190 cm³/mol. The molecule has 0 spiro atoms. The number of nitrogens with one attached hydrogen (secondary N) is 2. The number of phosphoric acid groups is 2. The standard InChI is InChI=1S/C29H38N10O15P2/c1-12-5-14-15(6-13(12)2)38(26-20(35-14)27(45)37-29(46)36-26)7-16(40)21(42)17(41)8-51-55(47,48)54-56(49,50)52-9-18-22(43)23(44)28(53-18)39-11-34-19-24(31-4-3-30)32-10-33-25(19)39/h5-6,10-11,16-18,21-23,28,40-44H,3-4,7-9,30H2,1-2H3,(H,47,48)(H,49,50)(H,31,32,33)(H,37,45,46)/t16-,17-,18-,21-,22?,23?,28+/m0/s1. The Morgan fingerprint density at radius 3 is 2.45 bits per heavy atom. The van der Waals surface area contributed by atoms with Gasteiger partial charge in [-0.15, -0.1) is 0 Å². The molecule has 3 aliphatic heterocycles. The fourth-order valence-electron chi connectivity index (χ4n) is 5.86. The lowest BCUT2D eigenvalue weighted by Gasteiger charge is -2.26. The maximum atomic E-state index is 12.6. The zero-order valence-electron chi connectivity index (χ0n) is 29.4. The number of aliphatic hydroxyl groups is 5. The number of fused-ring (bicyclic) bond motifs is 3. The largest absolute Gasteiger partial charge is 0.481 e. The van der Waals surface area contributed by atoms with Crippen LogP contribution >= 0.6 is 15.6 Å². The molecule has 0 aliphatic carbocycles. The Bertz CT molecular complexity index is 2410. The Morgan fingerprint density at radius 2 is 1.71 bits per heavy atom. The van der Waals surface area contributed by atoms with Crippen molar-refractivity contribution in [2.75, 3.05) is 31.6 Å². The van der Waals surface area contributed by atoms with Crippen molar-refractivity contribution in [2.45, 2.75) is 63.2 Å². The lowest BCUT2D eigenvalue weighted by Crippen LogP contribution is -2.42. The molecule has 0 bridgehead atoms. The molecule has 56 heavy (non-hydrogen) atoms. The molecule has 9 atom stereocenters. The van der Waals surface area contributed by atoms with Crippen molar-refractivity contribution in [1.29, 1.82) is 0 Å². The Morgan fingerprint density at radius 1 is 1.00 bits per heavy atom. The zero-order valence-corrected chi connectivity index (χ0v) is 31.2. The molecule has 25 nitrogen and oxygen atoms in total. The average Bonchev–Trinajstić information content (AvgIpc) is 3.69. The van der Waals surface area contributed by atoms with Crippen molar-refractivity contribution in [3.8, 4) is 11.5 Å². The van der Waals surface area contributed by atoms with Gasteiger partial charge >= 0.3 is 21.3 Å².